The first kappa shape index (κ1) is 16.0. The first-order valence-corrected chi connectivity index (χ1v) is 8.32. The van der Waals surface area contributed by atoms with Gasteiger partial charge in [-0.2, -0.15) is 0 Å². The number of nitrogens with two attached hydrogens (primary N) is 1. The molecular formula is C14H23NO3S. The molecule has 1 aromatic carbocycles. The Hall–Kier alpha value is -1.07. The van der Waals surface area contributed by atoms with Gasteiger partial charge in [-0.1, -0.05) is 19.4 Å². The number of hydrogen-bond donors (Lipinski definition) is 1. The summed E-state index contributed by atoms with van der Waals surface area (Å²) in [4.78, 5) is 0. The zero-order chi connectivity index (χ0) is 14.5. The van der Waals surface area contributed by atoms with Gasteiger partial charge in [0.05, 0.1) is 18.6 Å². The van der Waals surface area contributed by atoms with Gasteiger partial charge < -0.3 is 10.5 Å². The monoisotopic (exact) mass is 285 g/mol. The van der Waals surface area contributed by atoms with Crippen LogP contribution in [0.25, 0.3) is 0 Å². The quantitative estimate of drug-likeness (QED) is 0.834. The Balaban J connectivity index is 2.81. The second-order valence-corrected chi connectivity index (χ2v) is 7.03. The van der Waals surface area contributed by atoms with Crippen LogP contribution in [-0.2, 0) is 9.84 Å². The minimum Gasteiger partial charge on any atom is -0.497 e. The van der Waals surface area contributed by atoms with E-state index < -0.39 is 15.9 Å². The van der Waals surface area contributed by atoms with E-state index >= 15 is 0 Å². The Morgan fingerprint density at radius 2 is 2.05 bits per heavy atom. The van der Waals surface area contributed by atoms with Gasteiger partial charge in [-0.15, -0.1) is 0 Å². The molecule has 19 heavy (non-hydrogen) atoms. The van der Waals surface area contributed by atoms with Gasteiger partial charge in [-0.05, 0) is 36.6 Å². The largest absolute Gasteiger partial charge is 0.497 e. The Morgan fingerprint density at radius 3 is 2.58 bits per heavy atom. The third-order valence-corrected chi connectivity index (χ3v) is 4.90. The lowest BCUT2D eigenvalue weighted by atomic mass is 10.0. The molecule has 0 aromatic heterocycles. The standard InChI is InChI=1S/C14H23NO3S/c1-4-5-8-19(16,17)10-14(15)13-7-6-12(18-3)9-11(13)2/h6-7,9,14H,4-5,8,10,15H2,1-3H3. The lowest BCUT2D eigenvalue weighted by Gasteiger charge is -2.15. The fourth-order valence-corrected chi connectivity index (χ4v) is 3.62. The molecule has 2 N–H and O–H groups in total. The van der Waals surface area contributed by atoms with Crippen molar-refractivity contribution in [3.05, 3.63) is 29.3 Å². The van der Waals surface area contributed by atoms with Crippen molar-refractivity contribution >= 4 is 9.84 Å². The Kier molecular flexibility index (Phi) is 5.82. The van der Waals surface area contributed by atoms with Crippen molar-refractivity contribution in [3.8, 4) is 5.75 Å². The summed E-state index contributed by atoms with van der Waals surface area (Å²) in [7, 11) is -1.48. The van der Waals surface area contributed by atoms with Crippen LogP contribution in [0.4, 0.5) is 0 Å². The van der Waals surface area contributed by atoms with Crippen molar-refractivity contribution in [2.24, 2.45) is 5.73 Å². The van der Waals surface area contributed by atoms with E-state index in [-0.39, 0.29) is 11.5 Å². The van der Waals surface area contributed by atoms with Gasteiger partial charge in [-0.25, -0.2) is 8.42 Å². The summed E-state index contributed by atoms with van der Waals surface area (Å²) in [6, 6.07) is 5.04. The number of benzene rings is 1. The van der Waals surface area contributed by atoms with Crippen LogP contribution in [0.5, 0.6) is 5.75 Å². The van der Waals surface area contributed by atoms with Crippen LogP contribution in [-0.4, -0.2) is 27.0 Å². The highest BCUT2D eigenvalue weighted by Gasteiger charge is 2.18. The number of unbranched alkanes of at least 4 members (excludes halogenated alkanes) is 1. The molecular weight excluding hydrogens is 262 g/mol. The zero-order valence-corrected chi connectivity index (χ0v) is 12.7. The van der Waals surface area contributed by atoms with Gasteiger partial charge >= 0.3 is 0 Å². The normalized spacial score (nSPS) is 13.3. The lowest BCUT2D eigenvalue weighted by molar-refractivity contribution is 0.414. The summed E-state index contributed by atoms with van der Waals surface area (Å²) in [5.41, 5.74) is 7.84. The van der Waals surface area contributed by atoms with Crippen molar-refractivity contribution in [1.82, 2.24) is 0 Å². The van der Waals surface area contributed by atoms with E-state index in [4.69, 9.17) is 10.5 Å². The maximum atomic E-state index is 11.9. The third kappa shape index (κ3) is 4.84. The van der Waals surface area contributed by atoms with Crippen LogP contribution in [0.2, 0.25) is 0 Å². The number of aryl methyl sites for hydroxylation is 1. The zero-order valence-electron chi connectivity index (χ0n) is 11.8. The van der Waals surface area contributed by atoms with E-state index in [2.05, 4.69) is 0 Å². The average Bonchev–Trinajstić information content (AvgIpc) is 2.35. The molecule has 0 aliphatic heterocycles. The van der Waals surface area contributed by atoms with Crippen LogP contribution in [0.3, 0.4) is 0 Å². The summed E-state index contributed by atoms with van der Waals surface area (Å²) in [6.45, 7) is 3.89. The lowest BCUT2D eigenvalue weighted by Crippen LogP contribution is -2.24. The summed E-state index contributed by atoms with van der Waals surface area (Å²) >= 11 is 0. The second-order valence-electron chi connectivity index (χ2n) is 4.80. The molecule has 0 amide bonds. The van der Waals surface area contributed by atoms with Crippen molar-refractivity contribution in [2.75, 3.05) is 18.6 Å². The van der Waals surface area contributed by atoms with Crippen molar-refractivity contribution in [1.29, 1.82) is 0 Å². The average molecular weight is 285 g/mol. The first-order chi connectivity index (χ1) is 8.89. The van der Waals surface area contributed by atoms with Crippen LogP contribution in [0.15, 0.2) is 18.2 Å². The van der Waals surface area contributed by atoms with E-state index in [1.807, 2.05) is 26.0 Å². The fourth-order valence-electron chi connectivity index (χ4n) is 2.00. The smallest absolute Gasteiger partial charge is 0.152 e. The van der Waals surface area contributed by atoms with Crippen LogP contribution in [0, 0.1) is 6.92 Å². The predicted molar refractivity (Wildman–Crippen MR) is 78.2 cm³/mol. The van der Waals surface area contributed by atoms with Gasteiger partial charge in [0.1, 0.15) is 5.75 Å². The van der Waals surface area contributed by atoms with Crippen LogP contribution < -0.4 is 10.5 Å². The van der Waals surface area contributed by atoms with E-state index in [0.717, 1.165) is 23.3 Å². The molecule has 1 aromatic rings. The molecule has 0 fully saturated rings. The van der Waals surface area contributed by atoms with Gasteiger partial charge in [-0.3, -0.25) is 0 Å². The molecule has 0 aliphatic rings. The fraction of sp³-hybridized carbons (Fsp3) is 0.571. The van der Waals surface area contributed by atoms with Crippen molar-refractivity contribution in [2.45, 2.75) is 32.7 Å². The maximum absolute atomic E-state index is 11.9. The Morgan fingerprint density at radius 1 is 1.37 bits per heavy atom. The minimum absolute atomic E-state index is 0.000167. The number of methoxy groups -OCH3 is 1. The molecule has 1 unspecified atom stereocenters. The maximum Gasteiger partial charge on any atom is 0.152 e. The Labute approximate surface area is 115 Å². The number of hydrogen-bond acceptors (Lipinski definition) is 4. The van der Waals surface area contributed by atoms with E-state index in [1.54, 1.807) is 13.2 Å². The molecule has 0 saturated carbocycles. The molecule has 5 heteroatoms. The van der Waals surface area contributed by atoms with Crippen LogP contribution >= 0.6 is 0 Å². The summed E-state index contributed by atoms with van der Waals surface area (Å²) in [6.07, 6.45) is 1.56. The number of ether oxygens (including phenoxy) is 1. The summed E-state index contributed by atoms with van der Waals surface area (Å²) in [5, 5.41) is 0. The molecule has 0 radical (unpaired) electrons. The first-order valence-electron chi connectivity index (χ1n) is 6.50. The highest BCUT2D eigenvalue weighted by Crippen LogP contribution is 2.22. The van der Waals surface area contributed by atoms with E-state index in [9.17, 15) is 8.42 Å². The number of rotatable bonds is 7. The SMILES string of the molecule is CCCCS(=O)(=O)CC(N)c1ccc(OC)cc1C. The minimum atomic E-state index is -3.08. The number of sulfone groups is 1. The highest BCUT2D eigenvalue weighted by molar-refractivity contribution is 7.91. The highest BCUT2D eigenvalue weighted by atomic mass is 32.2. The molecule has 0 spiro atoms. The van der Waals surface area contributed by atoms with Gasteiger partial charge in [0.15, 0.2) is 9.84 Å². The molecule has 0 heterocycles. The molecule has 108 valence electrons. The molecule has 0 aliphatic carbocycles. The Bertz CT molecular complexity index is 511. The van der Waals surface area contributed by atoms with Crippen LogP contribution in [0.1, 0.15) is 36.9 Å². The predicted octanol–water partition coefficient (Wildman–Crippen LogP) is 2.22. The molecule has 0 saturated heterocycles. The molecule has 0 bridgehead atoms. The third-order valence-electron chi connectivity index (χ3n) is 3.12. The molecule has 4 nitrogen and oxygen atoms in total. The van der Waals surface area contributed by atoms with E-state index in [1.165, 1.54) is 0 Å². The molecule has 1 rings (SSSR count). The van der Waals surface area contributed by atoms with Gasteiger partial charge in [0.2, 0.25) is 0 Å². The topological polar surface area (TPSA) is 69.4 Å². The summed E-state index contributed by atoms with van der Waals surface area (Å²) < 4.78 is 28.9. The van der Waals surface area contributed by atoms with Gasteiger partial charge in [0, 0.05) is 6.04 Å². The van der Waals surface area contributed by atoms with Crippen molar-refractivity contribution in [3.63, 3.8) is 0 Å². The van der Waals surface area contributed by atoms with Gasteiger partial charge in [0.25, 0.3) is 0 Å². The van der Waals surface area contributed by atoms with E-state index in [0.29, 0.717) is 6.42 Å². The van der Waals surface area contributed by atoms with Crippen molar-refractivity contribution < 1.29 is 13.2 Å². The summed E-state index contributed by atoms with van der Waals surface area (Å²) in [5.74, 6) is 0.967. The second kappa shape index (κ2) is 6.91. The molecule has 1 atom stereocenters.